The molecule has 0 atom stereocenters. The molecule has 0 fully saturated rings. The predicted molar refractivity (Wildman–Crippen MR) is 158 cm³/mol. The van der Waals surface area contributed by atoms with E-state index in [9.17, 15) is 4.79 Å². The van der Waals surface area contributed by atoms with Gasteiger partial charge in [0.25, 0.3) is 0 Å². The van der Waals surface area contributed by atoms with Crippen LogP contribution in [-0.2, 0) is 17.8 Å². The van der Waals surface area contributed by atoms with Crippen molar-refractivity contribution >= 4 is 40.1 Å². The highest BCUT2D eigenvalue weighted by atomic mass is 35.5. The lowest BCUT2D eigenvalue weighted by Gasteiger charge is -2.11. The Morgan fingerprint density at radius 2 is 1.68 bits per heavy atom. The molecule has 8 heteroatoms. The minimum Gasteiger partial charge on any atom is -0.489 e. The average molecular weight is 575 g/mol. The van der Waals surface area contributed by atoms with Gasteiger partial charge in [-0.1, -0.05) is 59.5 Å². The van der Waals surface area contributed by atoms with E-state index in [0.717, 1.165) is 51.8 Å². The van der Waals surface area contributed by atoms with Crippen LogP contribution >= 0.6 is 23.2 Å². The zero-order chi connectivity index (χ0) is 28.2. The number of carbonyl (C=O) groups is 1. The number of rotatable bonds is 9. The summed E-state index contributed by atoms with van der Waals surface area (Å²) in [4.78, 5) is 16.6. The number of aryl methyl sites for hydroxylation is 2. The van der Waals surface area contributed by atoms with E-state index in [0.29, 0.717) is 39.4 Å². The molecule has 0 spiro atoms. The van der Waals surface area contributed by atoms with Gasteiger partial charge in [0.05, 0.1) is 27.7 Å². The van der Waals surface area contributed by atoms with E-state index in [-0.39, 0.29) is 6.61 Å². The zero-order valence-corrected chi connectivity index (χ0v) is 24.0. The number of benzene rings is 3. The van der Waals surface area contributed by atoms with Crippen LogP contribution in [0.15, 0.2) is 71.3 Å². The number of fused-ring (bicyclic) bond motifs is 1. The molecule has 2 aromatic heterocycles. The minimum atomic E-state index is -0.415. The number of halogens is 2. The van der Waals surface area contributed by atoms with E-state index in [2.05, 4.69) is 23.1 Å². The second-order valence-corrected chi connectivity index (χ2v) is 10.2. The first-order valence-electron chi connectivity index (χ1n) is 13.1. The molecule has 5 rings (SSSR count). The standard InChI is InChI=1S/C32H28Cl2N2O4/c1-4-7-29-24(31(36-40-29)30-25(33)8-6-9-26(30)34)18-39-22-13-10-20(11-14-22)21-12-15-27-23(17-21)19(3)16-28(35-27)32(37)38-5-2/h6,8-17H,4-5,7,18H2,1-3H3. The summed E-state index contributed by atoms with van der Waals surface area (Å²) in [6, 6.07) is 21.0. The maximum absolute atomic E-state index is 12.1. The lowest BCUT2D eigenvalue weighted by Crippen LogP contribution is -2.07. The van der Waals surface area contributed by atoms with Crippen LogP contribution in [0.1, 0.15) is 47.6 Å². The van der Waals surface area contributed by atoms with Crippen molar-refractivity contribution in [1.82, 2.24) is 10.1 Å². The van der Waals surface area contributed by atoms with Gasteiger partial charge in [-0.15, -0.1) is 0 Å². The summed E-state index contributed by atoms with van der Waals surface area (Å²) >= 11 is 12.9. The maximum Gasteiger partial charge on any atom is 0.356 e. The fourth-order valence-electron chi connectivity index (χ4n) is 4.62. The number of hydrogen-bond donors (Lipinski definition) is 0. The van der Waals surface area contributed by atoms with E-state index in [4.69, 9.17) is 37.2 Å². The van der Waals surface area contributed by atoms with Crippen LogP contribution in [0.5, 0.6) is 5.75 Å². The van der Waals surface area contributed by atoms with Crippen molar-refractivity contribution in [2.24, 2.45) is 0 Å². The summed E-state index contributed by atoms with van der Waals surface area (Å²) < 4.78 is 16.9. The van der Waals surface area contributed by atoms with Crippen molar-refractivity contribution in [1.29, 1.82) is 0 Å². The van der Waals surface area contributed by atoms with Gasteiger partial charge < -0.3 is 14.0 Å². The normalized spacial score (nSPS) is 11.1. The molecule has 0 aliphatic rings. The topological polar surface area (TPSA) is 74.5 Å². The van der Waals surface area contributed by atoms with Gasteiger partial charge in [0.2, 0.25) is 0 Å². The van der Waals surface area contributed by atoms with Gasteiger partial charge in [-0.25, -0.2) is 9.78 Å². The molecule has 40 heavy (non-hydrogen) atoms. The van der Waals surface area contributed by atoms with Gasteiger partial charge in [0.1, 0.15) is 29.5 Å². The molecule has 0 bridgehead atoms. The Bertz CT molecular complexity index is 1660. The third-order valence-corrected chi connectivity index (χ3v) is 7.25. The summed E-state index contributed by atoms with van der Waals surface area (Å²) in [6.45, 7) is 6.40. The third-order valence-electron chi connectivity index (χ3n) is 6.62. The van der Waals surface area contributed by atoms with Gasteiger partial charge in [0.15, 0.2) is 0 Å². The molecule has 0 saturated heterocycles. The summed E-state index contributed by atoms with van der Waals surface area (Å²) in [7, 11) is 0. The van der Waals surface area contributed by atoms with Gasteiger partial charge in [-0.05, 0) is 79.4 Å². The van der Waals surface area contributed by atoms with Crippen molar-refractivity contribution in [2.45, 2.75) is 40.2 Å². The predicted octanol–water partition coefficient (Wildman–Crippen LogP) is 8.88. The van der Waals surface area contributed by atoms with Gasteiger partial charge in [0, 0.05) is 17.4 Å². The Labute approximate surface area is 242 Å². The Balaban J connectivity index is 1.37. The first-order valence-corrected chi connectivity index (χ1v) is 13.9. The highest BCUT2D eigenvalue weighted by molar-refractivity contribution is 6.39. The summed E-state index contributed by atoms with van der Waals surface area (Å²) in [5.74, 6) is 1.06. The molecule has 204 valence electrons. The fraction of sp³-hybridized carbons (Fsp3) is 0.219. The molecule has 0 aliphatic heterocycles. The molecule has 0 unspecified atom stereocenters. The second kappa shape index (κ2) is 12.1. The Morgan fingerprint density at radius 1 is 0.950 bits per heavy atom. The molecule has 2 heterocycles. The second-order valence-electron chi connectivity index (χ2n) is 9.37. The van der Waals surface area contributed by atoms with Crippen molar-refractivity contribution in [2.75, 3.05) is 6.61 Å². The van der Waals surface area contributed by atoms with Crippen molar-refractivity contribution < 1.29 is 18.8 Å². The van der Waals surface area contributed by atoms with Gasteiger partial charge >= 0.3 is 5.97 Å². The highest BCUT2D eigenvalue weighted by Gasteiger charge is 2.22. The number of carbonyl (C=O) groups excluding carboxylic acids is 1. The summed E-state index contributed by atoms with van der Waals surface area (Å²) in [5.41, 5.74) is 6.16. The quantitative estimate of drug-likeness (QED) is 0.164. The molecule has 3 aromatic carbocycles. The average Bonchev–Trinajstić information content (AvgIpc) is 3.34. The van der Waals surface area contributed by atoms with E-state index >= 15 is 0 Å². The molecular weight excluding hydrogens is 547 g/mol. The lowest BCUT2D eigenvalue weighted by atomic mass is 10.0. The molecule has 5 aromatic rings. The van der Waals surface area contributed by atoms with E-state index in [1.165, 1.54) is 0 Å². The monoisotopic (exact) mass is 574 g/mol. The maximum atomic E-state index is 12.1. The summed E-state index contributed by atoms with van der Waals surface area (Å²) in [5, 5.41) is 6.29. The van der Waals surface area contributed by atoms with Crippen LogP contribution < -0.4 is 4.74 Å². The minimum absolute atomic E-state index is 0.263. The van der Waals surface area contributed by atoms with E-state index in [1.54, 1.807) is 31.2 Å². The number of pyridine rings is 1. The third kappa shape index (κ3) is 5.69. The number of nitrogens with zero attached hydrogens (tertiary/aromatic N) is 2. The molecule has 0 N–H and O–H groups in total. The first-order chi connectivity index (χ1) is 19.4. The Kier molecular flexibility index (Phi) is 8.38. The molecule has 6 nitrogen and oxygen atoms in total. The number of aromatic nitrogens is 2. The van der Waals surface area contributed by atoms with Gasteiger partial charge in [-0.3, -0.25) is 0 Å². The van der Waals surface area contributed by atoms with Crippen LogP contribution in [-0.4, -0.2) is 22.7 Å². The molecule has 0 aliphatic carbocycles. The van der Waals surface area contributed by atoms with Gasteiger partial charge in [-0.2, -0.15) is 0 Å². The van der Waals surface area contributed by atoms with E-state index in [1.807, 2.05) is 43.3 Å². The number of ether oxygens (including phenoxy) is 2. The van der Waals surface area contributed by atoms with Crippen LogP contribution in [0.3, 0.4) is 0 Å². The molecular formula is C32H28Cl2N2O4. The summed E-state index contributed by atoms with van der Waals surface area (Å²) in [6.07, 6.45) is 1.63. The molecule has 0 saturated carbocycles. The SMILES string of the molecule is CCCc1onc(-c2c(Cl)cccc2Cl)c1COc1ccc(-c2ccc3nc(C(=O)OCC)cc(C)c3c2)cc1. The number of hydrogen-bond acceptors (Lipinski definition) is 6. The van der Waals surface area contributed by atoms with Crippen LogP contribution in [0.25, 0.3) is 33.3 Å². The van der Waals surface area contributed by atoms with Crippen LogP contribution in [0, 0.1) is 6.92 Å². The lowest BCUT2D eigenvalue weighted by molar-refractivity contribution is 0.0520. The molecule has 0 amide bonds. The van der Waals surface area contributed by atoms with Crippen molar-refractivity contribution in [3.05, 3.63) is 99.4 Å². The van der Waals surface area contributed by atoms with Crippen LogP contribution in [0.4, 0.5) is 0 Å². The Morgan fingerprint density at radius 3 is 2.38 bits per heavy atom. The molecule has 0 radical (unpaired) electrons. The highest BCUT2D eigenvalue weighted by Crippen LogP contribution is 2.38. The van der Waals surface area contributed by atoms with Crippen molar-refractivity contribution in [3.8, 4) is 28.1 Å². The number of esters is 1. The van der Waals surface area contributed by atoms with Crippen molar-refractivity contribution in [3.63, 3.8) is 0 Å². The largest absolute Gasteiger partial charge is 0.489 e. The fourth-order valence-corrected chi connectivity index (χ4v) is 5.20. The zero-order valence-electron chi connectivity index (χ0n) is 22.5. The first kappa shape index (κ1) is 27.7. The smallest absolute Gasteiger partial charge is 0.356 e. The Hall–Kier alpha value is -3.87. The van der Waals surface area contributed by atoms with E-state index < -0.39 is 5.97 Å². The van der Waals surface area contributed by atoms with Crippen LogP contribution in [0.2, 0.25) is 10.0 Å².